The van der Waals surface area contributed by atoms with Crippen LogP contribution in [0.5, 0.6) is 0 Å². The second-order valence-electron chi connectivity index (χ2n) is 8.27. The largest absolute Gasteiger partial charge is 0.378 e. The summed E-state index contributed by atoms with van der Waals surface area (Å²) in [6, 6.07) is 0. The van der Waals surface area contributed by atoms with E-state index in [1.165, 1.54) is 5.56 Å². The molecule has 5 rings (SSSR count). The van der Waals surface area contributed by atoms with E-state index in [-0.39, 0.29) is 11.3 Å². The Balaban J connectivity index is 1.34. The lowest BCUT2D eigenvalue weighted by Crippen LogP contribution is -2.48. The van der Waals surface area contributed by atoms with E-state index in [0.29, 0.717) is 31.3 Å². The van der Waals surface area contributed by atoms with Gasteiger partial charge in [-0.1, -0.05) is 0 Å². The monoisotopic (exact) mass is 394 g/mol. The molecular formula is C21H26N6O2. The fraction of sp³-hybridized carbons (Fsp3) is 0.571. The summed E-state index contributed by atoms with van der Waals surface area (Å²) in [5, 5.41) is 0. The van der Waals surface area contributed by atoms with Crippen LogP contribution in [0.25, 0.3) is 0 Å². The van der Waals surface area contributed by atoms with Crippen molar-refractivity contribution in [3.63, 3.8) is 0 Å². The average Bonchev–Trinajstić information content (AvgIpc) is 3.11. The number of hydrogen-bond acceptors (Lipinski definition) is 7. The number of piperidine rings is 1. The van der Waals surface area contributed by atoms with Gasteiger partial charge < -0.3 is 14.5 Å². The van der Waals surface area contributed by atoms with Crippen LogP contribution in [0.15, 0.2) is 18.6 Å². The maximum absolute atomic E-state index is 13.2. The number of aryl methyl sites for hydroxylation is 2. The van der Waals surface area contributed by atoms with Crippen LogP contribution in [0, 0.1) is 6.92 Å². The zero-order chi connectivity index (χ0) is 19.8. The summed E-state index contributed by atoms with van der Waals surface area (Å²) in [5.41, 5.74) is 2.91. The third-order valence-electron chi connectivity index (χ3n) is 6.40. The van der Waals surface area contributed by atoms with E-state index in [2.05, 4.69) is 19.9 Å². The second kappa shape index (κ2) is 7.33. The van der Waals surface area contributed by atoms with Crippen LogP contribution in [0.3, 0.4) is 0 Å². The number of rotatable bonds is 2. The molecular weight excluding hydrogens is 368 g/mol. The molecule has 0 bridgehead atoms. The van der Waals surface area contributed by atoms with Crippen molar-refractivity contribution in [1.29, 1.82) is 0 Å². The van der Waals surface area contributed by atoms with Gasteiger partial charge in [-0.05, 0) is 38.2 Å². The fourth-order valence-electron chi connectivity index (χ4n) is 4.87. The summed E-state index contributed by atoms with van der Waals surface area (Å²) in [5.74, 6) is 1.48. The van der Waals surface area contributed by atoms with Crippen molar-refractivity contribution in [2.24, 2.45) is 0 Å². The van der Waals surface area contributed by atoms with Gasteiger partial charge >= 0.3 is 0 Å². The maximum Gasteiger partial charge on any atom is 0.257 e. The molecule has 4 heterocycles. The minimum Gasteiger partial charge on any atom is -0.378 e. The van der Waals surface area contributed by atoms with E-state index >= 15 is 0 Å². The Morgan fingerprint density at radius 3 is 2.66 bits per heavy atom. The highest BCUT2D eigenvalue weighted by Crippen LogP contribution is 2.44. The smallest absolute Gasteiger partial charge is 0.257 e. The van der Waals surface area contributed by atoms with Crippen molar-refractivity contribution in [1.82, 2.24) is 24.8 Å². The molecule has 1 atom stereocenters. The number of hydrogen-bond donors (Lipinski definition) is 0. The molecule has 1 aliphatic carbocycles. The van der Waals surface area contributed by atoms with Crippen molar-refractivity contribution < 1.29 is 9.53 Å². The first-order valence-electron chi connectivity index (χ1n) is 10.4. The maximum atomic E-state index is 13.2. The molecule has 3 aliphatic rings. The van der Waals surface area contributed by atoms with Crippen molar-refractivity contribution in [3.05, 3.63) is 41.2 Å². The molecule has 1 spiro atoms. The minimum atomic E-state index is -0.0362. The molecule has 2 saturated heterocycles. The van der Waals surface area contributed by atoms with E-state index in [1.54, 1.807) is 12.4 Å². The van der Waals surface area contributed by atoms with Crippen molar-refractivity contribution in [3.8, 4) is 0 Å². The van der Waals surface area contributed by atoms with Gasteiger partial charge in [-0.25, -0.2) is 19.9 Å². The SMILES string of the molecule is Cc1ncc2c(n1)C1(CCCN(C(=O)c3cnc(N4CCOCC4)nc3)C1)CC2. The van der Waals surface area contributed by atoms with Crippen LogP contribution in [-0.2, 0) is 16.6 Å². The van der Waals surface area contributed by atoms with Gasteiger partial charge in [0.2, 0.25) is 5.95 Å². The summed E-state index contributed by atoms with van der Waals surface area (Å²) < 4.78 is 5.37. The Morgan fingerprint density at radius 1 is 1.07 bits per heavy atom. The minimum absolute atomic E-state index is 0.0110. The summed E-state index contributed by atoms with van der Waals surface area (Å²) in [7, 11) is 0. The first-order chi connectivity index (χ1) is 14.1. The Morgan fingerprint density at radius 2 is 1.86 bits per heavy atom. The van der Waals surface area contributed by atoms with Crippen LogP contribution >= 0.6 is 0 Å². The van der Waals surface area contributed by atoms with Gasteiger partial charge in [0.1, 0.15) is 5.82 Å². The quantitative estimate of drug-likeness (QED) is 0.764. The molecule has 0 radical (unpaired) electrons. The molecule has 2 aliphatic heterocycles. The first-order valence-corrected chi connectivity index (χ1v) is 10.4. The van der Waals surface area contributed by atoms with Gasteiger partial charge in [-0.3, -0.25) is 4.79 Å². The number of nitrogens with zero attached hydrogens (tertiary/aromatic N) is 6. The topological polar surface area (TPSA) is 84.3 Å². The van der Waals surface area contributed by atoms with Crippen LogP contribution in [-0.4, -0.2) is 70.1 Å². The number of likely N-dealkylation sites (tertiary alicyclic amines) is 1. The lowest BCUT2D eigenvalue weighted by atomic mass is 9.77. The standard InChI is InChI=1S/C21H26N6O2/c1-15-22-11-16-3-5-21(18(16)25-15)4-2-6-27(14-21)19(28)17-12-23-20(24-13-17)26-7-9-29-10-8-26/h11-13H,2-10,14H2,1H3. The van der Waals surface area contributed by atoms with E-state index in [0.717, 1.165) is 56.8 Å². The molecule has 2 fully saturated rings. The molecule has 2 aromatic heterocycles. The molecule has 1 unspecified atom stereocenters. The number of aromatic nitrogens is 4. The average molecular weight is 394 g/mol. The zero-order valence-corrected chi connectivity index (χ0v) is 16.8. The lowest BCUT2D eigenvalue weighted by Gasteiger charge is -2.40. The van der Waals surface area contributed by atoms with Crippen LogP contribution < -0.4 is 4.90 Å². The third kappa shape index (κ3) is 3.35. The Kier molecular flexibility index (Phi) is 4.66. The highest BCUT2D eigenvalue weighted by atomic mass is 16.5. The van der Waals surface area contributed by atoms with E-state index in [4.69, 9.17) is 9.72 Å². The van der Waals surface area contributed by atoms with Crippen LogP contribution in [0.1, 0.15) is 46.7 Å². The van der Waals surface area contributed by atoms with Gasteiger partial charge in [-0.2, -0.15) is 0 Å². The van der Waals surface area contributed by atoms with Gasteiger partial charge in [-0.15, -0.1) is 0 Å². The Labute approximate surface area is 170 Å². The van der Waals surface area contributed by atoms with Gasteiger partial charge in [0.05, 0.1) is 24.5 Å². The number of morpholine rings is 1. The second-order valence-corrected chi connectivity index (χ2v) is 8.27. The predicted molar refractivity (Wildman–Crippen MR) is 107 cm³/mol. The van der Waals surface area contributed by atoms with E-state index in [1.807, 2.05) is 18.0 Å². The highest BCUT2D eigenvalue weighted by molar-refractivity contribution is 5.93. The highest BCUT2D eigenvalue weighted by Gasteiger charge is 2.44. The fourth-order valence-corrected chi connectivity index (χ4v) is 4.87. The van der Waals surface area contributed by atoms with E-state index < -0.39 is 0 Å². The number of fused-ring (bicyclic) bond motifs is 2. The number of carbonyl (C=O) groups excluding carboxylic acids is 1. The van der Waals surface area contributed by atoms with Crippen molar-refractivity contribution in [2.45, 2.75) is 38.0 Å². The molecule has 0 N–H and O–H groups in total. The number of carbonyl (C=O) groups is 1. The predicted octanol–water partition coefficient (Wildman–Crippen LogP) is 1.53. The molecule has 2 aromatic rings. The van der Waals surface area contributed by atoms with Crippen LogP contribution in [0.2, 0.25) is 0 Å². The lowest BCUT2D eigenvalue weighted by molar-refractivity contribution is 0.0632. The molecule has 8 heteroatoms. The normalized spacial score (nSPS) is 24.0. The summed E-state index contributed by atoms with van der Waals surface area (Å²) >= 11 is 0. The molecule has 0 saturated carbocycles. The molecule has 29 heavy (non-hydrogen) atoms. The van der Waals surface area contributed by atoms with Gasteiger partial charge in [0.15, 0.2) is 0 Å². The molecule has 152 valence electrons. The third-order valence-corrected chi connectivity index (χ3v) is 6.40. The van der Waals surface area contributed by atoms with Gasteiger partial charge in [0, 0.05) is 50.2 Å². The van der Waals surface area contributed by atoms with Crippen LogP contribution in [0.4, 0.5) is 5.95 Å². The number of anilines is 1. The van der Waals surface area contributed by atoms with E-state index in [9.17, 15) is 4.79 Å². The number of ether oxygens (including phenoxy) is 1. The van der Waals surface area contributed by atoms with Crippen molar-refractivity contribution in [2.75, 3.05) is 44.3 Å². The molecule has 8 nitrogen and oxygen atoms in total. The first kappa shape index (κ1) is 18.4. The summed E-state index contributed by atoms with van der Waals surface area (Å²) in [6.45, 7) is 6.34. The van der Waals surface area contributed by atoms with Gasteiger partial charge in [0.25, 0.3) is 5.91 Å². The van der Waals surface area contributed by atoms with Crippen molar-refractivity contribution >= 4 is 11.9 Å². The number of amides is 1. The Hall–Kier alpha value is -2.61. The summed E-state index contributed by atoms with van der Waals surface area (Å²) in [4.78, 5) is 35.3. The molecule has 1 amide bonds. The zero-order valence-electron chi connectivity index (χ0n) is 16.8. The summed E-state index contributed by atoms with van der Waals surface area (Å²) in [6.07, 6.45) is 9.39. The Bertz CT molecular complexity index is 908. The molecule has 0 aromatic carbocycles.